The number of guanidine groups is 1. The number of hydrogen-bond acceptors (Lipinski definition) is 4. The van der Waals surface area contributed by atoms with Crippen LogP contribution in [0.2, 0.25) is 0 Å². The highest BCUT2D eigenvalue weighted by molar-refractivity contribution is 5.80. The van der Waals surface area contributed by atoms with E-state index in [0.29, 0.717) is 19.7 Å². The van der Waals surface area contributed by atoms with Crippen LogP contribution >= 0.6 is 0 Å². The van der Waals surface area contributed by atoms with Gasteiger partial charge in [-0.1, -0.05) is 29.8 Å². The van der Waals surface area contributed by atoms with Crippen LogP contribution in [0.5, 0.6) is 0 Å². The molecule has 27 heavy (non-hydrogen) atoms. The fourth-order valence-electron chi connectivity index (χ4n) is 3.14. The largest absolute Gasteiger partial charge is 0.386 e. The lowest BCUT2D eigenvalue weighted by molar-refractivity contribution is -0.00811. The van der Waals surface area contributed by atoms with Gasteiger partial charge in [0.1, 0.15) is 6.10 Å². The summed E-state index contributed by atoms with van der Waals surface area (Å²) in [7, 11) is 1.90. The summed E-state index contributed by atoms with van der Waals surface area (Å²) in [5.41, 5.74) is 3.13. The van der Waals surface area contributed by atoms with Gasteiger partial charge in [-0.05, 0) is 19.4 Å². The lowest BCUT2D eigenvalue weighted by Crippen LogP contribution is -2.48. The number of aryl methyl sites for hydroxylation is 2. The van der Waals surface area contributed by atoms with Crippen molar-refractivity contribution in [1.82, 2.24) is 20.0 Å². The van der Waals surface area contributed by atoms with Gasteiger partial charge in [-0.3, -0.25) is 9.67 Å². The van der Waals surface area contributed by atoms with Crippen LogP contribution in [0.25, 0.3) is 0 Å². The molecule has 1 saturated heterocycles. The molecule has 1 fully saturated rings. The number of nitrogens with zero attached hydrogens (tertiary/aromatic N) is 4. The molecule has 0 spiro atoms. The average Bonchev–Trinajstić information content (AvgIpc) is 3.12. The van der Waals surface area contributed by atoms with E-state index < -0.39 is 6.10 Å². The highest BCUT2D eigenvalue weighted by atomic mass is 16.5. The summed E-state index contributed by atoms with van der Waals surface area (Å²) in [4.78, 5) is 6.86. The van der Waals surface area contributed by atoms with Crippen molar-refractivity contribution in [1.29, 1.82) is 0 Å². The van der Waals surface area contributed by atoms with Crippen LogP contribution in [-0.4, -0.2) is 58.5 Å². The highest BCUT2D eigenvalue weighted by Gasteiger charge is 2.25. The van der Waals surface area contributed by atoms with Gasteiger partial charge in [0.2, 0.25) is 0 Å². The van der Waals surface area contributed by atoms with Gasteiger partial charge >= 0.3 is 0 Å². The van der Waals surface area contributed by atoms with Crippen molar-refractivity contribution in [3.8, 4) is 0 Å². The maximum atomic E-state index is 10.5. The molecule has 0 saturated carbocycles. The maximum Gasteiger partial charge on any atom is 0.194 e. The number of nitrogens with one attached hydrogen (secondary N) is 1. The number of hydrogen-bond donors (Lipinski definition) is 2. The van der Waals surface area contributed by atoms with E-state index in [4.69, 9.17) is 4.74 Å². The third-order valence-corrected chi connectivity index (χ3v) is 4.67. The van der Waals surface area contributed by atoms with Gasteiger partial charge in [0.25, 0.3) is 0 Å². The van der Waals surface area contributed by atoms with Gasteiger partial charge in [-0.15, -0.1) is 0 Å². The topological polar surface area (TPSA) is 74.9 Å². The number of rotatable bonds is 5. The Morgan fingerprint density at radius 3 is 2.85 bits per heavy atom. The van der Waals surface area contributed by atoms with E-state index in [1.165, 1.54) is 5.56 Å². The second-order valence-corrected chi connectivity index (χ2v) is 6.87. The van der Waals surface area contributed by atoms with Gasteiger partial charge in [-0.2, -0.15) is 5.10 Å². The molecule has 0 radical (unpaired) electrons. The van der Waals surface area contributed by atoms with Crippen molar-refractivity contribution >= 4 is 5.96 Å². The normalized spacial score (nSPS) is 19.2. The fraction of sp³-hybridized carbons (Fsp3) is 0.500. The molecule has 2 N–H and O–H groups in total. The van der Waals surface area contributed by atoms with Gasteiger partial charge in [0.15, 0.2) is 5.96 Å². The zero-order valence-corrected chi connectivity index (χ0v) is 16.3. The van der Waals surface area contributed by atoms with E-state index in [-0.39, 0.29) is 6.10 Å². The SMILES string of the molecule is CCNC(=NCC(O)c1ccc(C)cc1)N1CCOC(c2cnn(C)c2)C1. The van der Waals surface area contributed by atoms with E-state index in [1.807, 2.05) is 57.6 Å². The number of aliphatic hydroxyl groups excluding tert-OH is 1. The summed E-state index contributed by atoms with van der Waals surface area (Å²) in [5.74, 6) is 0.806. The predicted molar refractivity (Wildman–Crippen MR) is 106 cm³/mol. The predicted octanol–water partition coefficient (Wildman–Crippen LogP) is 1.80. The summed E-state index contributed by atoms with van der Waals surface area (Å²) in [6.07, 6.45) is 3.19. The number of benzene rings is 1. The molecule has 0 amide bonds. The Labute approximate surface area is 160 Å². The van der Waals surface area contributed by atoms with Crippen molar-refractivity contribution in [2.24, 2.45) is 12.0 Å². The second-order valence-electron chi connectivity index (χ2n) is 6.87. The molecule has 146 valence electrons. The third-order valence-electron chi connectivity index (χ3n) is 4.67. The maximum absolute atomic E-state index is 10.5. The summed E-state index contributed by atoms with van der Waals surface area (Å²) >= 11 is 0. The summed E-state index contributed by atoms with van der Waals surface area (Å²) in [6, 6.07) is 7.92. The van der Waals surface area contributed by atoms with Crippen LogP contribution in [0.1, 0.15) is 35.8 Å². The quantitative estimate of drug-likeness (QED) is 0.619. The second kappa shape index (κ2) is 9.01. The Morgan fingerprint density at radius 1 is 1.41 bits per heavy atom. The first-order valence-electron chi connectivity index (χ1n) is 9.45. The summed E-state index contributed by atoms with van der Waals surface area (Å²) < 4.78 is 7.70. The summed E-state index contributed by atoms with van der Waals surface area (Å²) in [6.45, 7) is 7.28. The van der Waals surface area contributed by atoms with Crippen molar-refractivity contribution in [3.63, 3.8) is 0 Å². The Morgan fingerprint density at radius 2 is 2.19 bits per heavy atom. The zero-order valence-electron chi connectivity index (χ0n) is 16.3. The first-order valence-corrected chi connectivity index (χ1v) is 9.45. The molecular weight excluding hydrogens is 342 g/mol. The molecular formula is C20H29N5O2. The van der Waals surface area contributed by atoms with Crippen molar-refractivity contribution in [3.05, 3.63) is 53.3 Å². The van der Waals surface area contributed by atoms with Gasteiger partial charge in [0.05, 0.1) is 32.0 Å². The van der Waals surface area contributed by atoms with Crippen LogP contribution in [0.3, 0.4) is 0 Å². The van der Waals surface area contributed by atoms with Crippen LogP contribution < -0.4 is 5.32 Å². The minimum absolute atomic E-state index is 0.0293. The third kappa shape index (κ3) is 5.08. The molecule has 1 aromatic heterocycles. The van der Waals surface area contributed by atoms with Gasteiger partial charge in [0, 0.05) is 31.9 Å². The number of aromatic nitrogens is 2. The lowest BCUT2D eigenvalue weighted by atomic mass is 10.1. The monoisotopic (exact) mass is 371 g/mol. The minimum Gasteiger partial charge on any atom is -0.386 e. The molecule has 3 rings (SSSR count). The number of aliphatic hydroxyl groups is 1. The molecule has 2 heterocycles. The molecule has 0 aliphatic carbocycles. The number of morpholine rings is 1. The minimum atomic E-state index is -0.616. The van der Waals surface area contributed by atoms with E-state index in [0.717, 1.165) is 30.2 Å². The van der Waals surface area contributed by atoms with Gasteiger partial charge < -0.3 is 20.1 Å². The molecule has 1 aromatic carbocycles. The van der Waals surface area contributed by atoms with E-state index in [1.54, 1.807) is 4.68 Å². The number of aliphatic imine (C=N–C) groups is 1. The Hall–Kier alpha value is -2.38. The van der Waals surface area contributed by atoms with Crippen LogP contribution in [0, 0.1) is 6.92 Å². The molecule has 0 bridgehead atoms. The Kier molecular flexibility index (Phi) is 6.47. The van der Waals surface area contributed by atoms with Gasteiger partial charge in [-0.25, -0.2) is 0 Å². The van der Waals surface area contributed by atoms with Crippen LogP contribution in [0.15, 0.2) is 41.7 Å². The van der Waals surface area contributed by atoms with Crippen LogP contribution in [0.4, 0.5) is 0 Å². The Balaban J connectivity index is 1.68. The molecule has 2 atom stereocenters. The summed E-state index contributed by atoms with van der Waals surface area (Å²) in [5, 5.41) is 18.0. The zero-order chi connectivity index (χ0) is 19.2. The van der Waals surface area contributed by atoms with Crippen molar-refractivity contribution in [2.75, 3.05) is 32.8 Å². The van der Waals surface area contributed by atoms with Crippen molar-refractivity contribution in [2.45, 2.75) is 26.1 Å². The van der Waals surface area contributed by atoms with E-state index >= 15 is 0 Å². The Bertz CT molecular complexity index is 756. The molecule has 7 heteroatoms. The standard InChI is InChI=1S/C20H29N5O2/c1-4-21-20(22-12-18(26)16-7-5-15(2)6-8-16)25-9-10-27-19(14-25)17-11-23-24(3)13-17/h5-8,11,13,18-19,26H,4,9-10,12,14H2,1-3H3,(H,21,22). The van der Waals surface area contributed by atoms with E-state index in [2.05, 4.69) is 20.3 Å². The molecule has 1 aliphatic rings. The highest BCUT2D eigenvalue weighted by Crippen LogP contribution is 2.22. The average molecular weight is 371 g/mol. The molecule has 2 aromatic rings. The fourth-order valence-corrected chi connectivity index (χ4v) is 3.14. The molecule has 2 unspecified atom stereocenters. The van der Waals surface area contributed by atoms with E-state index in [9.17, 15) is 5.11 Å². The molecule has 1 aliphatic heterocycles. The van der Waals surface area contributed by atoms with Crippen molar-refractivity contribution < 1.29 is 9.84 Å². The number of ether oxygens (including phenoxy) is 1. The first-order chi connectivity index (χ1) is 13.1. The van der Waals surface area contributed by atoms with Crippen LogP contribution in [-0.2, 0) is 11.8 Å². The first kappa shape index (κ1) is 19.4. The smallest absolute Gasteiger partial charge is 0.194 e. The molecule has 7 nitrogen and oxygen atoms in total. The lowest BCUT2D eigenvalue weighted by Gasteiger charge is -2.35.